The quantitative estimate of drug-likeness (QED) is 0.432. The van der Waals surface area contributed by atoms with E-state index in [0.29, 0.717) is 50.6 Å². The summed E-state index contributed by atoms with van der Waals surface area (Å²) in [5.41, 5.74) is 1.71. The van der Waals surface area contributed by atoms with Crippen LogP contribution in [-0.2, 0) is 17.8 Å². The average Bonchev–Trinajstić information content (AvgIpc) is 3.22. The first kappa shape index (κ1) is 32.7. The Labute approximate surface area is 264 Å². The number of fused-ring (bicyclic) bond motifs is 1. The molecule has 1 amide bonds. The highest BCUT2D eigenvalue weighted by molar-refractivity contribution is 5.81. The molecule has 1 aromatic carbocycles. The number of ether oxygens (including phenoxy) is 1. The van der Waals surface area contributed by atoms with Crippen LogP contribution >= 0.6 is 0 Å². The maximum atomic E-state index is 15.0. The number of nitrogens with zero attached hydrogens (tertiary/aromatic N) is 7. The predicted octanol–water partition coefficient (Wildman–Crippen LogP) is 4.45. The van der Waals surface area contributed by atoms with Crippen molar-refractivity contribution in [2.45, 2.75) is 77.0 Å². The highest BCUT2D eigenvalue weighted by Gasteiger charge is 2.37. The molecule has 244 valence electrons. The smallest absolute Gasteiger partial charge is 0.318 e. The van der Waals surface area contributed by atoms with Gasteiger partial charge in [-0.15, -0.1) is 0 Å². The van der Waals surface area contributed by atoms with Crippen LogP contribution in [0.1, 0.15) is 63.1 Å². The zero-order valence-electron chi connectivity index (χ0n) is 26.6. The molecule has 10 nitrogen and oxygen atoms in total. The standard InChI is InChI=1S/C33H45F2N7O3/c1-23(34)31(44)42-18-17-41(19-24(42)12-15-36)30-25-9-8-16-40(29-26(35)10-7-11-28(29)43)20-27(25)37-32(38-30)45-22-33(21-39(2)3)13-5-4-6-14-33/h7,10-11,23-24,43H,4-6,8-9,12-14,16-22H2,1-3H3/t23?,24-/m0/s1. The van der Waals surface area contributed by atoms with Crippen LogP contribution < -0.4 is 14.5 Å². The molecule has 1 saturated heterocycles. The molecule has 1 saturated carbocycles. The van der Waals surface area contributed by atoms with Gasteiger partial charge >= 0.3 is 6.01 Å². The van der Waals surface area contributed by atoms with Crippen molar-refractivity contribution in [1.29, 1.82) is 5.26 Å². The summed E-state index contributed by atoms with van der Waals surface area (Å²) in [5, 5.41) is 20.1. The van der Waals surface area contributed by atoms with E-state index in [2.05, 4.69) is 30.0 Å². The van der Waals surface area contributed by atoms with Gasteiger partial charge in [-0.05, 0) is 58.8 Å². The van der Waals surface area contributed by atoms with E-state index in [1.165, 1.54) is 36.4 Å². The van der Waals surface area contributed by atoms with Gasteiger partial charge in [0.2, 0.25) is 0 Å². The number of para-hydroxylation sites is 1. The topological polar surface area (TPSA) is 109 Å². The second-order valence-electron chi connectivity index (χ2n) is 13.1. The Bertz CT molecular complexity index is 1370. The molecule has 2 aliphatic heterocycles. The summed E-state index contributed by atoms with van der Waals surface area (Å²) in [7, 11) is 4.15. The number of benzene rings is 1. The molecule has 0 spiro atoms. The van der Waals surface area contributed by atoms with Gasteiger partial charge < -0.3 is 29.4 Å². The summed E-state index contributed by atoms with van der Waals surface area (Å²) in [6, 6.07) is 6.20. The molecular formula is C33H45F2N7O3. The number of rotatable bonds is 9. The first-order chi connectivity index (χ1) is 21.6. The van der Waals surface area contributed by atoms with Gasteiger partial charge in [0.15, 0.2) is 6.17 Å². The van der Waals surface area contributed by atoms with Crippen molar-refractivity contribution in [2.24, 2.45) is 5.41 Å². The van der Waals surface area contributed by atoms with Crippen LogP contribution in [0.3, 0.4) is 0 Å². The number of aromatic hydroxyl groups is 1. The number of alkyl halides is 1. The maximum absolute atomic E-state index is 15.0. The highest BCUT2D eigenvalue weighted by Crippen LogP contribution is 2.39. The first-order valence-electron chi connectivity index (χ1n) is 16.1. The van der Waals surface area contributed by atoms with Crippen molar-refractivity contribution >= 4 is 17.4 Å². The Morgan fingerprint density at radius 2 is 1.96 bits per heavy atom. The molecule has 2 aromatic rings. The number of anilines is 2. The van der Waals surface area contributed by atoms with Crippen LogP contribution in [0.4, 0.5) is 20.3 Å². The summed E-state index contributed by atoms with van der Waals surface area (Å²) in [5.74, 6) is -0.577. The molecule has 2 atom stereocenters. The third kappa shape index (κ3) is 7.40. The zero-order valence-corrected chi connectivity index (χ0v) is 26.6. The molecule has 1 N–H and O–H groups in total. The van der Waals surface area contributed by atoms with Crippen LogP contribution in [0.2, 0.25) is 0 Å². The van der Waals surface area contributed by atoms with E-state index in [1.807, 2.05) is 4.90 Å². The van der Waals surface area contributed by atoms with Crippen LogP contribution in [0.25, 0.3) is 0 Å². The first-order valence-corrected chi connectivity index (χ1v) is 16.1. The van der Waals surface area contributed by atoms with E-state index in [-0.39, 0.29) is 42.4 Å². The number of carbonyl (C=O) groups excluding carboxylic acids is 1. The van der Waals surface area contributed by atoms with Crippen molar-refractivity contribution in [3.05, 3.63) is 35.3 Å². The molecule has 2 fully saturated rings. The number of nitriles is 1. The van der Waals surface area contributed by atoms with E-state index in [0.717, 1.165) is 37.8 Å². The molecule has 1 unspecified atom stereocenters. The fraction of sp³-hybridized carbons (Fsp3) is 0.636. The largest absolute Gasteiger partial charge is 0.506 e. The van der Waals surface area contributed by atoms with Crippen LogP contribution in [0, 0.1) is 22.6 Å². The van der Waals surface area contributed by atoms with Gasteiger partial charge in [0, 0.05) is 43.7 Å². The minimum atomic E-state index is -1.65. The lowest BCUT2D eigenvalue weighted by molar-refractivity contribution is -0.138. The molecule has 3 aliphatic rings. The summed E-state index contributed by atoms with van der Waals surface area (Å²) in [6.45, 7) is 4.32. The molecule has 5 rings (SSSR count). The van der Waals surface area contributed by atoms with Crippen LogP contribution in [0.5, 0.6) is 11.8 Å². The van der Waals surface area contributed by atoms with Crippen molar-refractivity contribution in [1.82, 2.24) is 19.8 Å². The molecule has 12 heteroatoms. The number of aromatic nitrogens is 2. The lowest BCUT2D eigenvalue weighted by Gasteiger charge is -2.42. The van der Waals surface area contributed by atoms with Gasteiger partial charge in [-0.1, -0.05) is 25.3 Å². The molecule has 1 aromatic heterocycles. The molecule has 1 aliphatic carbocycles. The number of phenolic OH excluding ortho intramolecular Hbond substituents is 1. The van der Waals surface area contributed by atoms with Crippen molar-refractivity contribution in [2.75, 3.05) is 63.2 Å². The van der Waals surface area contributed by atoms with Gasteiger partial charge in [0.1, 0.15) is 23.1 Å². The zero-order chi connectivity index (χ0) is 32.1. The molecule has 3 heterocycles. The predicted molar refractivity (Wildman–Crippen MR) is 168 cm³/mol. The van der Waals surface area contributed by atoms with Gasteiger partial charge in [-0.25, -0.2) is 8.78 Å². The fourth-order valence-electron chi connectivity index (χ4n) is 7.31. The minimum absolute atomic E-state index is 0.0179. The SMILES string of the molecule is CC(F)C(=O)N1CCN(c2nc(OCC3(CN(C)C)CCCCC3)nc3c2CCCN(c2c(O)cccc2F)C3)C[C@@H]1CC#N. The lowest BCUT2D eigenvalue weighted by atomic mass is 9.74. The summed E-state index contributed by atoms with van der Waals surface area (Å²) < 4.78 is 35.5. The number of carbonyl (C=O) groups is 1. The summed E-state index contributed by atoms with van der Waals surface area (Å²) >= 11 is 0. The van der Waals surface area contributed by atoms with Crippen LogP contribution in [0.15, 0.2) is 18.2 Å². The Hall–Kier alpha value is -3.72. The van der Waals surface area contributed by atoms with Gasteiger partial charge in [0.05, 0.1) is 37.4 Å². The van der Waals surface area contributed by atoms with Gasteiger partial charge in [0.25, 0.3) is 5.91 Å². The van der Waals surface area contributed by atoms with E-state index in [9.17, 15) is 23.9 Å². The van der Waals surface area contributed by atoms with Crippen molar-refractivity contribution < 1.29 is 23.4 Å². The van der Waals surface area contributed by atoms with E-state index in [1.54, 1.807) is 0 Å². The number of hydrogen-bond acceptors (Lipinski definition) is 9. The van der Waals surface area contributed by atoms with Crippen molar-refractivity contribution in [3.8, 4) is 17.8 Å². The molecule has 0 bridgehead atoms. The van der Waals surface area contributed by atoms with Gasteiger partial charge in [-0.2, -0.15) is 15.2 Å². The highest BCUT2D eigenvalue weighted by atomic mass is 19.1. The Morgan fingerprint density at radius 1 is 1.18 bits per heavy atom. The Kier molecular flexibility index (Phi) is 10.3. The molecule has 45 heavy (non-hydrogen) atoms. The van der Waals surface area contributed by atoms with E-state index in [4.69, 9.17) is 14.7 Å². The second-order valence-corrected chi connectivity index (χ2v) is 13.1. The molecule has 0 radical (unpaired) electrons. The van der Waals surface area contributed by atoms with Crippen molar-refractivity contribution in [3.63, 3.8) is 0 Å². The number of halogens is 2. The number of piperazine rings is 1. The van der Waals surface area contributed by atoms with Gasteiger partial charge in [-0.3, -0.25) is 4.79 Å². The number of phenols is 1. The summed E-state index contributed by atoms with van der Waals surface area (Å²) in [6.07, 6.45) is 5.33. The number of amides is 1. The second kappa shape index (κ2) is 14.1. The monoisotopic (exact) mass is 625 g/mol. The number of hydrogen-bond donors (Lipinski definition) is 1. The summed E-state index contributed by atoms with van der Waals surface area (Å²) in [4.78, 5) is 30.0. The van der Waals surface area contributed by atoms with E-state index >= 15 is 0 Å². The van der Waals surface area contributed by atoms with Crippen LogP contribution in [-0.4, -0.2) is 96.4 Å². The minimum Gasteiger partial charge on any atom is -0.506 e. The lowest BCUT2D eigenvalue weighted by Crippen LogP contribution is -2.57. The third-order valence-electron chi connectivity index (χ3n) is 9.33. The Morgan fingerprint density at radius 3 is 2.64 bits per heavy atom. The Balaban J connectivity index is 1.51. The molecular weight excluding hydrogens is 580 g/mol. The average molecular weight is 626 g/mol. The normalized spacial score (nSPS) is 20.7. The maximum Gasteiger partial charge on any atom is 0.318 e. The third-order valence-corrected chi connectivity index (χ3v) is 9.33. The fourth-order valence-corrected chi connectivity index (χ4v) is 7.31. The van der Waals surface area contributed by atoms with E-state index < -0.39 is 23.9 Å².